The van der Waals surface area contributed by atoms with Crippen molar-refractivity contribution in [1.82, 2.24) is 20.3 Å². The molecule has 0 saturated carbocycles. The monoisotopic (exact) mass is 308 g/mol. The number of rotatable bonds is 6. The fraction of sp³-hybridized carbons (Fsp3) is 0.385. The van der Waals surface area contributed by atoms with Gasteiger partial charge in [-0.3, -0.25) is 4.79 Å². The first-order valence-corrected chi connectivity index (χ1v) is 7.36. The van der Waals surface area contributed by atoms with Crippen LogP contribution in [0.15, 0.2) is 17.5 Å². The maximum Gasteiger partial charge on any atom is 0.360 e. The molecule has 0 aliphatic rings. The molecule has 2 aromatic rings. The molecular weight excluding hydrogens is 292 g/mol. The predicted octanol–water partition coefficient (Wildman–Crippen LogP) is 1.14. The number of ether oxygens (including phenoxy) is 1. The first-order valence-electron chi connectivity index (χ1n) is 6.48. The summed E-state index contributed by atoms with van der Waals surface area (Å²) in [6, 6.07) is 3.88. The largest absolute Gasteiger partial charge is 0.461 e. The van der Waals surface area contributed by atoms with Gasteiger partial charge in [-0.15, -0.1) is 16.4 Å². The van der Waals surface area contributed by atoms with E-state index in [1.54, 1.807) is 25.2 Å². The molecule has 0 fully saturated rings. The molecule has 1 amide bonds. The lowest BCUT2D eigenvalue weighted by Gasteiger charge is -2.05. The molecule has 0 bridgehead atoms. The van der Waals surface area contributed by atoms with Crippen LogP contribution in [-0.4, -0.2) is 33.5 Å². The standard InChI is InChI=1S/C13H16N4O3S/c1-3-20-13(19)12-9(2)17(16-15-12)8-11(18)14-7-10-5-4-6-21-10/h4-6H,3,7-8H2,1-2H3,(H,14,18). The van der Waals surface area contributed by atoms with Crippen molar-refractivity contribution in [3.05, 3.63) is 33.8 Å². The summed E-state index contributed by atoms with van der Waals surface area (Å²) in [5, 5.41) is 12.3. The molecule has 0 aliphatic carbocycles. The molecule has 21 heavy (non-hydrogen) atoms. The molecule has 2 heterocycles. The lowest BCUT2D eigenvalue weighted by Crippen LogP contribution is -2.27. The van der Waals surface area contributed by atoms with E-state index in [4.69, 9.17) is 4.74 Å². The molecule has 2 rings (SSSR count). The predicted molar refractivity (Wildman–Crippen MR) is 76.9 cm³/mol. The number of nitrogens with one attached hydrogen (secondary N) is 1. The van der Waals surface area contributed by atoms with Crippen LogP contribution in [0.3, 0.4) is 0 Å². The molecule has 112 valence electrons. The summed E-state index contributed by atoms with van der Waals surface area (Å²) < 4.78 is 6.25. The van der Waals surface area contributed by atoms with E-state index < -0.39 is 5.97 Å². The molecule has 0 atom stereocenters. The van der Waals surface area contributed by atoms with Gasteiger partial charge in [0.1, 0.15) is 6.54 Å². The molecule has 0 spiro atoms. The first-order chi connectivity index (χ1) is 10.1. The van der Waals surface area contributed by atoms with E-state index >= 15 is 0 Å². The van der Waals surface area contributed by atoms with Gasteiger partial charge >= 0.3 is 5.97 Å². The van der Waals surface area contributed by atoms with Gasteiger partial charge in [0.15, 0.2) is 5.69 Å². The maximum atomic E-state index is 11.9. The average Bonchev–Trinajstić information content (AvgIpc) is 3.08. The van der Waals surface area contributed by atoms with E-state index in [-0.39, 0.29) is 24.8 Å². The van der Waals surface area contributed by atoms with Crippen LogP contribution in [0.4, 0.5) is 0 Å². The second kappa shape index (κ2) is 6.98. The highest BCUT2D eigenvalue weighted by atomic mass is 32.1. The van der Waals surface area contributed by atoms with Crippen LogP contribution in [0.5, 0.6) is 0 Å². The van der Waals surface area contributed by atoms with Gasteiger partial charge in [-0.05, 0) is 25.3 Å². The average molecular weight is 308 g/mol. The summed E-state index contributed by atoms with van der Waals surface area (Å²) in [4.78, 5) is 24.5. The lowest BCUT2D eigenvalue weighted by atomic mass is 10.3. The van der Waals surface area contributed by atoms with E-state index in [0.717, 1.165) is 4.88 Å². The van der Waals surface area contributed by atoms with Gasteiger partial charge in [0, 0.05) is 4.88 Å². The zero-order chi connectivity index (χ0) is 15.2. The number of hydrogen-bond donors (Lipinski definition) is 1. The van der Waals surface area contributed by atoms with Crippen molar-refractivity contribution in [2.45, 2.75) is 26.9 Å². The molecule has 2 aromatic heterocycles. The fourth-order valence-electron chi connectivity index (χ4n) is 1.69. The minimum atomic E-state index is -0.528. The third-order valence-corrected chi connectivity index (χ3v) is 3.66. The fourth-order valence-corrected chi connectivity index (χ4v) is 2.33. The number of aromatic nitrogens is 3. The molecular formula is C13H16N4O3S. The van der Waals surface area contributed by atoms with Crippen molar-refractivity contribution >= 4 is 23.2 Å². The Morgan fingerprint density at radius 3 is 2.95 bits per heavy atom. The van der Waals surface area contributed by atoms with Crippen molar-refractivity contribution in [2.24, 2.45) is 0 Å². The van der Waals surface area contributed by atoms with E-state index in [1.807, 2.05) is 17.5 Å². The minimum Gasteiger partial charge on any atom is -0.461 e. The SMILES string of the molecule is CCOC(=O)c1nnn(CC(=O)NCc2cccs2)c1C. The third-order valence-electron chi connectivity index (χ3n) is 2.78. The number of esters is 1. The van der Waals surface area contributed by atoms with Gasteiger partial charge in [0.2, 0.25) is 5.91 Å². The van der Waals surface area contributed by atoms with E-state index in [2.05, 4.69) is 15.6 Å². The van der Waals surface area contributed by atoms with Gasteiger partial charge in [-0.2, -0.15) is 0 Å². The summed E-state index contributed by atoms with van der Waals surface area (Å²) in [7, 11) is 0. The number of carbonyl (C=O) groups excluding carboxylic acids is 2. The summed E-state index contributed by atoms with van der Waals surface area (Å²) in [5.74, 6) is -0.716. The Labute approximate surface area is 125 Å². The van der Waals surface area contributed by atoms with Gasteiger partial charge in [0.25, 0.3) is 0 Å². The van der Waals surface area contributed by atoms with Crippen LogP contribution in [0.25, 0.3) is 0 Å². The van der Waals surface area contributed by atoms with Crippen LogP contribution in [0.2, 0.25) is 0 Å². The normalized spacial score (nSPS) is 10.4. The molecule has 0 radical (unpaired) electrons. The summed E-state index contributed by atoms with van der Waals surface area (Å²) in [6.07, 6.45) is 0. The highest BCUT2D eigenvalue weighted by molar-refractivity contribution is 7.09. The van der Waals surface area contributed by atoms with Gasteiger partial charge < -0.3 is 10.1 Å². The second-order valence-electron chi connectivity index (χ2n) is 4.26. The van der Waals surface area contributed by atoms with E-state index in [9.17, 15) is 9.59 Å². The Morgan fingerprint density at radius 1 is 1.48 bits per heavy atom. The highest BCUT2D eigenvalue weighted by Gasteiger charge is 2.18. The van der Waals surface area contributed by atoms with Crippen molar-refractivity contribution in [1.29, 1.82) is 0 Å². The lowest BCUT2D eigenvalue weighted by molar-refractivity contribution is -0.122. The van der Waals surface area contributed by atoms with Crippen LogP contribution in [-0.2, 0) is 22.6 Å². The molecule has 0 saturated heterocycles. The van der Waals surface area contributed by atoms with E-state index in [0.29, 0.717) is 12.2 Å². The molecule has 8 heteroatoms. The zero-order valence-corrected chi connectivity index (χ0v) is 12.6. The third kappa shape index (κ3) is 3.88. The number of amides is 1. The van der Waals surface area contributed by atoms with Crippen molar-refractivity contribution < 1.29 is 14.3 Å². The topological polar surface area (TPSA) is 86.1 Å². The van der Waals surface area contributed by atoms with Crippen molar-refractivity contribution in [3.8, 4) is 0 Å². The molecule has 0 aromatic carbocycles. The van der Waals surface area contributed by atoms with E-state index in [1.165, 1.54) is 4.68 Å². The minimum absolute atomic E-state index is 0.0175. The van der Waals surface area contributed by atoms with Gasteiger partial charge in [0.05, 0.1) is 18.8 Å². The Kier molecular flexibility index (Phi) is 5.04. The highest BCUT2D eigenvalue weighted by Crippen LogP contribution is 2.08. The zero-order valence-electron chi connectivity index (χ0n) is 11.8. The molecule has 0 aliphatic heterocycles. The van der Waals surface area contributed by atoms with Crippen LogP contribution in [0.1, 0.15) is 28.0 Å². The Morgan fingerprint density at radius 2 is 2.29 bits per heavy atom. The molecule has 7 nitrogen and oxygen atoms in total. The summed E-state index contributed by atoms with van der Waals surface area (Å²) in [5.41, 5.74) is 0.655. The van der Waals surface area contributed by atoms with Gasteiger partial charge in [-0.25, -0.2) is 9.48 Å². The second-order valence-corrected chi connectivity index (χ2v) is 5.29. The Balaban J connectivity index is 1.93. The maximum absolute atomic E-state index is 11.9. The Bertz CT molecular complexity index is 621. The quantitative estimate of drug-likeness (QED) is 0.809. The van der Waals surface area contributed by atoms with Crippen LogP contribution in [0, 0.1) is 6.92 Å². The number of nitrogens with zero attached hydrogens (tertiary/aromatic N) is 3. The number of carbonyl (C=O) groups is 2. The smallest absolute Gasteiger partial charge is 0.360 e. The summed E-state index contributed by atoms with van der Waals surface area (Å²) >= 11 is 1.58. The molecule has 0 unspecified atom stereocenters. The number of thiophene rings is 1. The van der Waals surface area contributed by atoms with Crippen molar-refractivity contribution in [2.75, 3.05) is 6.61 Å². The van der Waals surface area contributed by atoms with Crippen molar-refractivity contribution in [3.63, 3.8) is 0 Å². The van der Waals surface area contributed by atoms with Crippen LogP contribution >= 0.6 is 11.3 Å². The van der Waals surface area contributed by atoms with Gasteiger partial charge in [-0.1, -0.05) is 11.3 Å². The first kappa shape index (κ1) is 15.2. The summed E-state index contributed by atoms with van der Waals surface area (Å²) in [6.45, 7) is 4.17. The molecule has 1 N–H and O–H groups in total. The van der Waals surface area contributed by atoms with Crippen LogP contribution < -0.4 is 5.32 Å². The Hall–Kier alpha value is -2.22. The number of hydrogen-bond acceptors (Lipinski definition) is 6.